The Morgan fingerprint density at radius 2 is 2.11 bits per heavy atom. The highest BCUT2D eigenvalue weighted by Crippen LogP contribution is 2.26. The van der Waals surface area contributed by atoms with Gasteiger partial charge in [-0.2, -0.15) is 14.6 Å². The zero-order chi connectivity index (χ0) is 18.8. The van der Waals surface area contributed by atoms with Gasteiger partial charge < -0.3 is 10.4 Å². The van der Waals surface area contributed by atoms with Crippen LogP contribution in [0.2, 0.25) is 0 Å². The number of aromatic nitrogens is 4. The fraction of sp³-hybridized carbons (Fsp3) is 0.353. The molecule has 1 aromatic carbocycles. The van der Waals surface area contributed by atoms with Crippen LogP contribution in [0.1, 0.15) is 19.3 Å². The number of carboxylic acid groups (broad SMARTS) is 1. The van der Waals surface area contributed by atoms with Gasteiger partial charge in [-0.1, -0.05) is 23.5 Å². The molecule has 3 heterocycles. The average molecular weight is 387 g/mol. The molecule has 1 saturated heterocycles. The van der Waals surface area contributed by atoms with Crippen molar-refractivity contribution in [3.8, 4) is 10.6 Å². The maximum Gasteiger partial charge on any atom is 0.343 e. The van der Waals surface area contributed by atoms with E-state index in [0.29, 0.717) is 15.7 Å². The van der Waals surface area contributed by atoms with Gasteiger partial charge in [-0.3, -0.25) is 9.59 Å². The van der Waals surface area contributed by atoms with Gasteiger partial charge >= 0.3 is 11.5 Å². The number of nitrogens with zero attached hydrogens (tertiary/aromatic N) is 5. The van der Waals surface area contributed by atoms with Gasteiger partial charge in [0.2, 0.25) is 0 Å². The Kier molecular flexibility index (Phi) is 4.71. The lowest BCUT2D eigenvalue weighted by molar-refractivity contribution is -0.750. The molecule has 1 fully saturated rings. The van der Waals surface area contributed by atoms with Gasteiger partial charge in [0.15, 0.2) is 0 Å². The molecule has 9 nitrogen and oxygen atoms in total. The highest BCUT2D eigenvalue weighted by Gasteiger charge is 2.22. The van der Waals surface area contributed by atoms with E-state index in [1.54, 1.807) is 10.9 Å². The third kappa shape index (κ3) is 3.75. The summed E-state index contributed by atoms with van der Waals surface area (Å²) in [5.74, 6) is -0.932. The van der Waals surface area contributed by atoms with Crippen LogP contribution in [-0.2, 0) is 4.79 Å². The minimum Gasteiger partial charge on any atom is -0.480 e. The second-order valence-electron chi connectivity index (χ2n) is 6.33. The lowest BCUT2D eigenvalue weighted by atomic mass is 10.2. The summed E-state index contributed by atoms with van der Waals surface area (Å²) < 4.78 is 1.30. The number of hydrogen-bond donors (Lipinski definition) is 2. The number of carbonyl (C=O) groups is 1. The molecule has 1 aliphatic heterocycles. The first-order valence-electron chi connectivity index (χ1n) is 8.74. The predicted octanol–water partition coefficient (Wildman–Crippen LogP) is 0.724. The molecule has 2 aromatic heterocycles. The molecule has 10 heteroatoms. The normalized spacial score (nSPS) is 14.4. The first-order valence-corrected chi connectivity index (χ1v) is 9.56. The molecule has 0 unspecified atom stereocenters. The Hall–Kier alpha value is -3.01. The summed E-state index contributed by atoms with van der Waals surface area (Å²) in [5.41, 5.74) is 1.25. The van der Waals surface area contributed by atoms with Crippen molar-refractivity contribution in [3.05, 3.63) is 40.8 Å². The molecule has 0 radical (unpaired) electrons. The van der Waals surface area contributed by atoms with Crippen LogP contribution in [0, 0.1) is 0 Å². The van der Waals surface area contributed by atoms with E-state index in [4.69, 9.17) is 5.11 Å². The third-order valence-electron chi connectivity index (χ3n) is 4.36. The van der Waals surface area contributed by atoms with E-state index >= 15 is 0 Å². The van der Waals surface area contributed by atoms with E-state index in [1.165, 1.54) is 28.5 Å². The zero-order valence-corrected chi connectivity index (χ0v) is 15.4. The third-order valence-corrected chi connectivity index (χ3v) is 5.31. The van der Waals surface area contributed by atoms with Gasteiger partial charge in [0.05, 0.1) is 18.2 Å². The molecule has 140 valence electrons. The molecule has 0 bridgehead atoms. The van der Waals surface area contributed by atoms with Crippen molar-refractivity contribution < 1.29 is 14.7 Å². The lowest BCUT2D eigenvalue weighted by Gasteiger charge is -2.19. The second-order valence-corrected chi connectivity index (χ2v) is 7.29. The molecule has 3 aromatic rings. The zero-order valence-electron chi connectivity index (χ0n) is 14.5. The number of hydrogen-bond acceptors (Lipinski definition) is 7. The molecule has 0 aliphatic carbocycles. The van der Waals surface area contributed by atoms with Gasteiger partial charge in [0.1, 0.15) is 11.6 Å². The Morgan fingerprint density at radius 1 is 1.30 bits per heavy atom. The van der Waals surface area contributed by atoms with Gasteiger partial charge in [0, 0.05) is 16.0 Å². The van der Waals surface area contributed by atoms with Gasteiger partial charge in [-0.15, -0.1) is 0 Å². The van der Waals surface area contributed by atoms with E-state index in [0.717, 1.165) is 31.5 Å². The van der Waals surface area contributed by atoms with Gasteiger partial charge in [0.25, 0.3) is 11.2 Å². The van der Waals surface area contributed by atoms with Gasteiger partial charge in [-0.05, 0) is 31.4 Å². The first kappa shape index (κ1) is 17.4. The maximum atomic E-state index is 12.5. The summed E-state index contributed by atoms with van der Waals surface area (Å²) in [6.45, 7) is 1.60. The lowest BCUT2D eigenvalue weighted by Crippen LogP contribution is -2.63. The Morgan fingerprint density at radius 3 is 2.89 bits per heavy atom. The number of aliphatic carboxylic acids is 1. The average Bonchev–Trinajstić information content (AvgIpc) is 3.12. The summed E-state index contributed by atoms with van der Waals surface area (Å²) >= 11 is 1.32. The van der Waals surface area contributed by atoms with Crippen LogP contribution in [-0.4, -0.2) is 45.4 Å². The van der Waals surface area contributed by atoms with E-state index in [1.807, 2.05) is 18.2 Å². The van der Waals surface area contributed by atoms with E-state index in [-0.39, 0.29) is 12.1 Å². The Balaban J connectivity index is 1.67. The van der Waals surface area contributed by atoms with E-state index < -0.39 is 5.97 Å². The fourth-order valence-corrected chi connectivity index (χ4v) is 3.93. The van der Waals surface area contributed by atoms with Crippen LogP contribution >= 0.6 is 11.3 Å². The van der Waals surface area contributed by atoms with Crippen molar-refractivity contribution in [2.45, 2.75) is 19.3 Å². The van der Waals surface area contributed by atoms with Crippen LogP contribution in [0.25, 0.3) is 15.5 Å². The monoisotopic (exact) mass is 387 g/mol. The number of nitrogens with one attached hydrogen (secondary N) is 1. The summed E-state index contributed by atoms with van der Waals surface area (Å²) in [6, 6.07) is 7.28. The number of piperidine rings is 1. The molecule has 4 rings (SSSR count). The van der Waals surface area contributed by atoms with Crippen molar-refractivity contribution >= 4 is 28.0 Å². The molecular weight excluding hydrogens is 368 g/mol. The number of benzene rings is 1. The van der Waals surface area contributed by atoms with Crippen molar-refractivity contribution in [1.82, 2.24) is 14.7 Å². The summed E-state index contributed by atoms with van der Waals surface area (Å²) in [6.07, 6.45) is 4.86. The van der Waals surface area contributed by atoms with Crippen LogP contribution < -0.4 is 20.7 Å². The quantitative estimate of drug-likeness (QED) is 0.622. The predicted molar refractivity (Wildman–Crippen MR) is 101 cm³/mol. The van der Waals surface area contributed by atoms with Crippen molar-refractivity contribution in [1.29, 1.82) is 0 Å². The van der Waals surface area contributed by atoms with Crippen LogP contribution in [0.4, 0.5) is 5.69 Å². The molecule has 0 amide bonds. The molecule has 2 N–H and O–H groups in total. The topological polar surface area (TPSA) is 104 Å². The standard InChI is InChI=1S/C17H18N6O3S/c24-14-11-22(21-7-2-1-3-8-21)20-17-23(14)19-16(27-17)12-5-4-6-13(9-12)18-10-15(25)26/h4-6,9,11,18H,1-3,7-8,10H2/p+1. The summed E-state index contributed by atoms with van der Waals surface area (Å²) in [7, 11) is 0. The Labute approximate surface area is 158 Å². The minimum atomic E-state index is -0.932. The summed E-state index contributed by atoms with van der Waals surface area (Å²) in [5, 5.41) is 23.3. The van der Waals surface area contributed by atoms with E-state index in [9.17, 15) is 9.59 Å². The molecule has 27 heavy (non-hydrogen) atoms. The van der Waals surface area contributed by atoms with Crippen molar-refractivity contribution in [2.75, 3.05) is 30.0 Å². The second kappa shape index (κ2) is 7.31. The molecular formula is C17H19N6O3S+. The highest BCUT2D eigenvalue weighted by atomic mass is 32.1. The van der Waals surface area contributed by atoms with Crippen molar-refractivity contribution in [3.63, 3.8) is 0 Å². The molecule has 0 spiro atoms. The van der Waals surface area contributed by atoms with Gasteiger partial charge in [-0.25, -0.2) is 0 Å². The maximum absolute atomic E-state index is 12.5. The number of carboxylic acids is 1. The fourth-order valence-electron chi connectivity index (χ4n) is 3.04. The number of anilines is 1. The van der Waals surface area contributed by atoms with Crippen LogP contribution in [0.3, 0.4) is 0 Å². The first-order chi connectivity index (χ1) is 13.1. The van der Waals surface area contributed by atoms with Crippen LogP contribution in [0.5, 0.6) is 0 Å². The Bertz CT molecular complexity index is 1040. The largest absolute Gasteiger partial charge is 0.480 e. The number of rotatable bonds is 5. The molecule has 0 saturated carbocycles. The molecule has 0 atom stereocenters. The minimum absolute atomic E-state index is 0.167. The number of fused-ring (bicyclic) bond motifs is 1. The van der Waals surface area contributed by atoms with E-state index in [2.05, 4.69) is 20.5 Å². The smallest absolute Gasteiger partial charge is 0.343 e. The SMILES string of the molecule is O=C(O)CNc1cccc(-c2nn3c(=O)c[n+](N4CCCCC4)nc3s2)c1. The highest BCUT2D eigenvalue weighted by molar-refractivity contribution is 7.19. The summed E-state index contributed by atoms with van der Waals surface area (Å²) in [4.78, 5) is 25.4. The van der Waals surface area contributed by atoms with Crippen LogP contribution in [0.15, 0.2) is 35.3 Å². The van der Waals surface area contributed by atoms with Crippen molar-refractivity contribution in [2.24, 2.45) is 0 Å². The molecule has 1 aliphatic rings.